The van der Waals surface area contributed by atoms with Gasteiger partial charge in [0.2, 0.25) is 0 Å². The van der Waals surface area contributed by atoms with Crippen molar-refractivity contribution >= 4 is 5.97 Å². The van der Waals surface area contributed by atoms with E-state index in [1.807, 2.05) is 31.7 Å². The predicted molar refractivity (Wildman–Crippen MR) is 84.1 cm³/mol. The van der Waals surface area contributed by atoms with E-state index in [-0.39, 0.29) is 18.1 Å². The number of esters is 1. The van der Waals surface area contributed by atoms with Crippen LogP contribution in [0.1, 0.15) is 44.9 Å². The van der Waals surface area contributed by atoms with Crippen LogP contribution in [0.4, 0.5) is 0 Å². The third-order valence-electron chi connectivity index (χ3n) is 3.39. The fraction of sp³-hybridized carbons (Fsp3) is 0.529. The van der Waals surface area contributed by atoms with Gasteiger partial charge in [-0.3, -0.25) is 9.69 Å². The number of hydrogen-bond donors (Lipinski definition) is 1. The minimum absolute atomic E-state index is 0.130. The van der Waals surface area contributed by atoms with Crippen LogP contribution in [0.25, 0.3) is 0 Å². The van der Waals surface area contributed by atoms with E-state index < -0.39 is 6.10 Å². The van der Waals surface area contributed by atoms with Crippen molar-refractivity contribution in [1.82, 2.24) is 4.90 Å². The zero-order valence-corrected chi connectivity index (χ0v) is 13.7. The van der Waals surface area contributed by atoms with Crippen LogP contribution in [0.2, 0.25) is 0 Å². The van der Waals surface area contributed by atoms with Crippen LogP contribution in [0.5, 0.6) is 0 Å². The molecule has 0 radical (unpaired) electrons. The van der Waals surface area contributed by atoms with E-state index in [9.17, 15) is 9.90 Å². The Morgan fingerprint density at radius 3 is 2.41 bits per heavy atom. The van der Waals surface area contributed by atoms with Crippen molar-refractivity contribution in [1.29, 1.82) is 5.26 Å². The predicted octanol–water partition coefficient (Wildman–Crippen LogP) is 2.26. The lowest BCUT2D eigenvalue weighted by molar-refractivity contribution is -0.146. The first-order chi connectivity index (χ1) is 10.3. The number of nitriles is 1. The maximum Gasteiger partial charge on any atom is 0.320 e. The number of benzene rings is 1. The summed E-state index contributed by atoms with van der Waals surface area (Å²) in [6, 6.07) is 8.85. The molecule has 5 nitrogen and oxygen atoms in total. The van der Waals surface area contributed by atoms with E-state index >= 15 is 0 Å². The van der Waals surface area contributed by atoms with Gasteiger partial charge >= 0.3 is 5.97 Å². The SMILES string of the molecule is CCOC(=O)CN(CC(O)c1ccc(C#N)cc1)C(C)(C)C. The number of β-amino-alcohol motifs (C(OH)–C–C–N with tert-alkyl or cyclic N) is 1. The van der Waals surface area contributed by atoms with E-state index in [1.54, 1.807) is 31.2 Å². The molecule has 5 heteroatoms. The fourth-order valence-electron chi connectivity index (χ4n) is 2.03. The van der Waals surface area contributed by atoms with Crippen molar-refractivity contribution in [2.45, 2.75) is 39.3 Å². The number of hydrogen-bond acceptors (Lipinski definition) is 5. The Hall–Kier alpha value is -1.90. The van der Waals surface area contributed by atoms with Gasteiger partial charge in [0.25, 0.3) is 0 Å². The Morgan fingerprint density at radius 1 is 1.36 bits per heavy atom. The molecular weight excluding hydrogens is 280 g/mol. The van der Waals surface area contributed by atoms with Gasteiger partial charge in [-0.2, -0.15) is 5.26 Å². The Labute approximate surface area is 132 Å². The van der Waals surface area contributed by atoms with Gasteiger partial charge in [-0.05, 0) is 45.4 Å². The Bertz CT molecular complexity index is 526. The number of rotatable bonds is 6. The second-order valence-electron chi connectivity index (χ2n) is 6.11. The summed E-state index contributed by atoms with van der Waals surface area (Å²) in [5.74, 6) is -0.301. The molecule has 0 heterocycles. The second-order valence-corrected chi connectivity index (χ2v) is 6.11. The highest BCUT2D eigenvalue weighted by Gasteiger charge is 2.26. The molecule has 0 spiro atoms. The second kappa shape index (κ2) is 7.92. The van der Waals surface area contributed by atoms with Crippen LogP contribution in [0, 0.1) is 11.3 Å². The summed E-state index contributed by atoms with van der Waals surface area (Å²) in [7, 11) is 0. The average Bonchev–Trinajstić information content (AvgIpc) is 2.46. The highest BCUT2D eigenvalue weighted by molar-refractivity contribution is 5.71. The number of carbonyl (C=O) groups is 1. The molecule has 0 saturated heterocycles. The monoisotopic (exact) mass is 304 g/mol. The molecule has 120 valence electrons. The molecule has 1 aromatic carbocycles. The van der Waals surface area contributed by atoms with Crippen molar-refractivity contribution in [2.24, 2.45) is 0 Å². The maximum atomic E-state index is 11.7. The Morgan fingerprint density at radius 2 is 1.95 bits per heavy atom. The van der Waals surface area contributed by atoms with Gasteiger partial charge in [-0.15, -0.1) is 0 Å². The molecule has 1 atom stereocenters. The van der Waals surface area contributed by atoms with Crippen LogP contribution >= 0.6 is 0 Å². The molecule has 0 bridgehead atoms. The van der Waals surface area contributed by atoms with Gasteiger partial charge < -0.3 is 9.84 Å². The topological polar surface area (TPSA) is 73.6 Å². The quantitative estimate of drug-likeness (QED) is 0.816. The Balaban J connectivity index is 2.79. The average molecular weight is 304 g/mol. The zero-order chi connectivity index (χ0) is 16.8. The molecule has 0 saturated carbocycles. The number of ether oxygens (including phenoxy) is 1. The molecule has 0 aromatic heterocycles. The van der Waals surface area contributed by atoms with E-state index in [2.05, 4.69) is 0 Å². The summed E-state index contributed by atoms with van der Waals surface area (Å²) >= 11 is 0. The van der Waals surface area contributed by atoms with Crippen molar-refractivity contribution in [3.63, 3.8) is 0 Å². The van der Waals surface area contributed by atoms with Crippen molar-refractivity contribution in [2.75, 3.05) is 19.7 Å². The maximum absolute atomic E-state index is 11.7. The highest BCUT2D eigenvalue weighted by Crippen LogP contribution is 2.20. The minimum atomic E-state index is -0.735. The van der Waals surface area contributed by atoms with Gasteiger partial charge in [0.15, 0.2) is 0 Å². The molecule has 22 heavy (non-hydrogen) atoms. The lowest BCUT2D eigenvalue weighted by atomic mass is 10.0. The summed E-state index contributed by atoms with van der Waals surface area (Å²) in [6.45, 7) is 8.51. The van der Waals surface area contributed by atoms with Gasteiger partial charge in [-0.25, -0.2) is 0 Å². The lowest BCUT2D eigenvalue weighted by Gasteiger charge is -2.36. The first-order valence-corrected chi connectivity index (χ1v) is 7.36. The summed E-state index contributed by atoms with van der Waals surface area (Å²) in [6.07, 6.45) is -0.735. The van der Waals surface area contributed by atoms with E-state index in [4.69, 9.17) is 10.00 Å². The van der Waals surface area contributed by atoms with Gasteiger partial charge in [0, 0.05) is 12.1 Å². The van der Waals surface area contributed by atoms with Crippen molar-refractivity contribution in [3.8, 4) is 6.07 Å². The molecule has 0 fully saturated rings. The molecule has 1 aromatic rings. The number of carbonyl (C=O) groups excluding carboxylic acids is 1. The minimum Gasteiger partial charge on any atom is -0.465 e. The van der Waals surface area contributed by atoms with Gasteiger partial charge in [0.1, 0.15) is 0 Å². The normalized spacial score (nSPS) is 12.8. The van der Waals surface area contributed by atoms with Crippen molar-refractivity contribution in [3.05, 3.63) is 35.4 Å². The van der Waals surface area contributed by atoms with Crippen LogP contribution < -0.4 is 0 Å². The summed E-state index contributed by atoms with van der Waals surface area (Å²) in [5.41, 5.74) is 0.993. The molecule has 0 aliphatic heterocycles. The first kappa shape index (κ1) is 18.1. The summed E-state index contributed by atoms with van der Waals surface area (Å²) in [4.78, 5) is 13.6. The number of nitrogens with zero attached hydrogens (tertiary/aromatic N) is 2. The Kier molecular flexibility index (Phi) is 6.54. The van der Waals surface area contributed by atoms with Crippen LogP contribution in [-0.2, 0) is 9.53 Å². The molecule has 1 unspecified atom stereocenters. The molecule has 1 rings (SSSR count). The van der Waals surface area contributed by atoms with Crippen molar-refractivity contribution < 1.29 is 14.6 Å². The first-order valence-electron chi connectivity index (χ1n) is 7.36. The summed E-state index contributed by atoms with van der Waals surface area (Å²) < 4.78 is 4.99. The largest absolute Gasteiger partial charge is 0.465 e. The van der Waals surface area contributed by atoms with Crippen LogP contribution in [-0.4, -0.2) is 41.2 Å². The summed E-state index contributed by atoms with van der Waals surface area (Å²) in [5, 5.41) is 19.2. The standard InChI is InChI=1S/C17H24N2O3/c1-5-22-16(21)12-19(17(2,3)4)11-15(20)14-8-6-13(10-18)7-9-14/h6-9,15,20H,5,11-12H2,1-4H3. The van der Waals surface area contributed by atoms with Crippen LogP contribution in [0.15, 0.2) is 24.3 Å². The van der Waals surface area contributed by atoms with Gasteiger partial charge in [0.05, 0.1) is 30.9 Å². The van der Waals surface area contributed by atoms with E-state index in [0.29, 0.717) is 18.7 Å². The molecule has 0 amide bonds. The zero-order valence-electron chi connectivity index (χ0n) is 13.7. The molecule has 0 aliphatic rings. The van der Waals surface area contributed by atoms with E-state index in [1.165, 1.54) is 0 Å². The fourth-order valence-corrected chi connectivity index (χ4v) is 2.03. The van der Waals surface area contributed by atoms with Gasteiger partial charge in [-0.1, -0.05) is 12.1 Å². The lowest BCUT2D eigenvalue weighted by Crippen LogP contribution is -2.46. The molecular formula is C17H24N2O3. The number of aliphatic hydroxyl groups excluding tert-OH is 1. The number of aliphatic hydroxyl groups is 1. The highest BCUT2D eigenvalue weighted by atomic mass is 16.5. The molecule has 1 N–H and O–H groups in total. The third kappa shape index (κ3) is 5.47. The molecule has 0 aliphatic carbocycles. The smallest absolute Gasteiger partial charge is 0.320 e. The van der Waals surface area contributed by atoms with Crippen LogP contribution in [0.3, 0.4) is 0 Å². The third-order valence-corrected chi connectivity index (χ3v) is 3.39. The van der Waals surface area contributed by atoms with E-state index in [0.717, 1.165) is 5.56 Å².